The first-order valence-electron chi connectivity index (χ1n) is 9.09. The number of carbonyl (C=O) groups excluding carboxylic acids is 1. The second-order valence-corrected chi connectivity index (χ2v) is 7.83. The fraction of sp³-hybridized carbons (Fsp3) is 0.333. The van der Waals surface area contributed by atoms with E-state index in [2.05, 4.69) is 39.2 Å². The number of fused-ring (bicyclic) bond motifs is 1. The molecule has 0 bridgehead atoms. The van der Waals surface area contributed by atoms with Crippen LogP contribution in [0.15, 0.2) is 48.5 Å². The smallest absolute Gasteiger partial charge is 0.233 e. The van der Waals surface area contributed by atoms with Crippen molar-refractivity contribution in [2.24, 2.45) is 0 Å². The van der Waals surface area contributed by atoms with Crippen LogP contribution in [0.4, 0.5) is 5.13 Å². The Bertz CT molecular complexity index is 873. The van der Waals surface area contributed by atoms with Gasteiger partial charge in [-0.25, -0.2) is 4.98 Å². The Kier molecular flexibility index (Phi) is 6.01. The Morgan fingerprint density at radius 1 is 1.12 bits per heavy atom. The number of hydrogen-bond donors (Lipinski definition) is 1. The quantitative estimate of drug-likeness (QED) is 0.696. The van der Waals surface area contributed by atoms with Crippen molar-refractivity contribution < 1.29 is 9.69 Å². The highest BCUT2D eigenvalue weighted by Crippen LogP contribution is 2.30. The second kappa shape index (κ2) is 8.43. The second-order valence-electron chi connectivity index (χ2n) is 6.82. The summed E-state index contributed by atoms with van der Waals surface area (Å²) in [6.45, 7) is 3.71. The molecule has 0 spiro atoms. The molecule has 0 atom stereocenters. The minimum atomic E-state index is 0.104. The van der Waals surface area contributed by atoms with E-state index in [0.29, 0.717) is 13.0 Å². The van der Waals surface area contributed by atoms with E-state index in [-0.39, 0.29) is 5.91 Å². The van der Waals surface area contributed by atoms with E-state index >= 15 is 0 Å². The van der Waals surface area contributed by atoms with E-state index in [1.54, 1.807) is 11.3 Å². The number of rotatable bonds is 7. The van der Waals surface area contributed by atoms with Gasteiger partial charge in [-0.1, -0.05) is 54.7 Å². The van der Waals surface area contributed by atoms with Gasteiger partial charge in [0.05, 0.1) is 43.8 Å². The van der Waals surface area contributed by atoms with E-state index in [1.165, 1.54) is 10.5 Å². The molecule has 0 radical (unpaired) electrons. The summed E-state index contributed by atoms with van der Waals surface area (Å²) in [5.41, 5.74) is 3.30. The maximum atomic E-state index is 13.0. The van der Waals surface area contributed by atoms with Gasteiger partial charge in [0.25, 0.3) is 0 Å². The van der Waals surface area contributed by atoms with E-state index in [0.717, 1.165) is 33.9 Å². The number of benzene rings is 2. The third-order valence-electron chi connectivity index (χ3n) is 4.42. The fourth-order valence-electron chi connectivity index (χ4n) is 2.82. The number of anilines is 1. The van der Waals surface area contributed by atoms with E-state index < -0.39 is 0 Å². The minimum Gasteiger partial charge on any atom is -0.338 e. The standard InChI is InChI=1S/C21H25N3OS/c1-4-16-10-11-18-19(14-16)26-21(22-18)24(13-12-23(2)3)20(25)15-17-8-6-5-7-9-17/h5-11,14H,4,12-13,15H2,1-3H3/p+1. The Morgan fingerprint density at radius 2 is 1.88 bits per heavy atom. The molecule has 0 aliphatic rings. The van der Waals surface area contributed by atoms with Crippen LogP contribution in [0.1, 0.15) is 18.1 Å². The number of carbonyl (C=O) groups is 1. The summed E-state index contributed by atoms with van der Waals surface area (Å²) in [4.78, 5) is 20.9. The third-order valence-corrected chi connectivity index (χ3v) is 5.46. The molecule has 3 aromatic rings. The summed E-state index contributed by atoms with van der Waals surface area (Å²) in [6, 6.07) is 16.3. The summed E-state index contributed by atoms with van der Waals surface area (Å²) in [5, 5.41) is 0.801. The molecule has 1 N–H and O–H groups in total. The molecule has 1 heterocycles. The Morgan fingerprint density at radius 3 is 2.58 bits per heavy atom. The molecule has 0 fully saturated rings. The van der Waals surface area contributed by atoms with Crippen LogP contribution in [-0.2, 0) is 17.6 Å². The van der Waals surface area contributed by atoms with Crippen molar-refractivity contribution in [3.63, 3.8) is 0 Å². The number of hydrogen-bond acceptors (Lipinski definition) is 3. The Hall–Kier alpha value is -2.24. The van der Waals surface area contributed by atoms with Crippen LogP contribution in [-0.4, -0.2) is 38.1 Å². The minimum absolute atomic E-state index is 0.104. The van der Waals surface area contributed by atoms with E-state index in [1.807, 2.05) is 35.2 Å². The first-order chi connectivity index (χ1) is 12.6. The van der Waals surface area contributed by atoms with Crippen molar-refractivity contribution in [2.45, 2.75) is 19.8 Å². The van der Waals surface area contributed by atoms with Gasteiger partial charge < -0.3 is 4.90 Å². The van der Waals surface area contributed by atoms with Crippen molar-refractivity contribution in [1.82, 2.24) is 4.98 Å². The summed E-state index contributed by atoms with van der Waals surface area (Å²) in [7, 11) is 4.21. The van der Waals surface area contributed by atoms with Crippen LogP contribution in [0, 0.1) is 0 Å². The SMILES string of the molecule is CCc1ccc2nc(N(CC[NH+](C)C)C(=O)Cc3ccccc3)sc2c1. The number of thiazole rings is 1. The number of amides is 1. The van der Waals surface area contributed by atoms with Crippen molar-refractivity contribution >= 4 is 32.6 Å². The first-order valence-corrected chi connectivity index (χ1v) is 9.91. The van der Waals surface area contributed by atoms with Gasteiger partial charge in [0, 0.05) is 0 Å². The van der Waals surface area contributed by atoms with E-state index in [4.69, 9.17) is 4.98 Å². The van der Waals surface area contributed by atoms with Gasteiger partial charge in [-0.3, -0.25) is 9.69 Å². The topological polar surface area (TPSA) is 37.6 Å². The zero-order valence-electron chi connectivity index (χ0n) is 15.7. The highest BCUT2D eigenvalue weighted by Gasteiger charge is 2.21. The molecule has 0 saturated carbocycles. The molecule has 0 aliphatic heterocycles. The number of nitrogens with one attached hydrogen (secondary N) is 1. The average molecular weight is 369 g/mol. The van der Waals surface area contributed by atoms with Crippen molar-refractivity contribution in [3.8, 4) is 0 Å². The lowest BCUT2D eigenvalue weighted by atomic mass is 10.1. The maximum Gasteiger partial charge on any atom is 0.233 e. The van der Waals surface area contributed by atoms with Crippen molar-refractivity contribution in [1.29, 1.82) is 0 Å². The zero-order valence-corrected chi connectivity index (χ0v) is 16.5. The summed E-state index contributed by atoms with van der Waals surface area (Å²) in [5.74, 6) is 0.104. The number of likely N-dealkylation sites (N-methyl/N-ethyl adjacent to an activating group) is 1. The highest BCUT2D eigenvalue weighted by atomic mass is 32.1. The molecular formula is C21H26N3OS+. The molecule has 2 aromatic carbocycles. The third kappa shape index (κ3) is 4.48. The van der Waals surface area contributed by atoms with Gasteiger partial charge in [0.15, 0.2) is 5.13 Å². The number of aryl methyl sites for hydroxylation is 1. The Labute approximate surface area is 159 Å². The Balaban J connectivity index is 1.88. The number of aromatic nitrogens is 1. The summed E-state index contributed by atoms with van der Waals surface area (Å²) >= 11 is 1.61. The molecule has 1 amide bonds. The van der Waals surface area contributed by atoms with Crippen LogP contribution in [0.25, 0.3) is 10.2 Å². The lowest BCUT2D eigenvalue weighted by Crippen LogP contribution is -3.06. The maximum absolute atomic E-state index is 13.0. The number of quaternary nitrogens is 1. The van der Waals surface area contributed by atoms with Gasteiger partial charge >= 0.3 is 0 Å². The van der Waals surface area contributed by atoms with Crippen LogP contribution in [0.2, 0.25) is 0 Å². The van der Waals surface area contributed by atoms with Crippen LogP contribution < -0.4 is 9.80 Å². The average Bonchev–Trinajstić information content (AvgIpc) is 3.05. The first kappa shape index (κ1) is 18.5. The zero-order chi connectivity index (χ0) is 18.5. The highest BCUT2D eigenvalue weighted by molar-refractivity contribution is 7.22. The monoisotopic (exact) mass is 368 g/mol. The lowest BCUT2D eigenvalue weighted by Gasteiger charge is -2.20. The molecule has 26 heavy (non-hydrogen) atoms. The molecule has 5 heteroatoms. The molecule has 136 valence electrons. The molecule has 0 unspecified atom stereocenters. The summed E-state index contributed by atoms with van der Waals surface area (Å²) < 4.78 is 1.15. The predicted octanol–water partition coefficient (Wildman–Crippen LogP) is 2.58. The van der Waals surface area contributed by atoms with E-state index in [9.17, 15) is 4.79 Å². The van der Waals surface area contributed by atoms with Gasteiger partial charge in [-0.05, 0) is 29.7 Å². The molecule has 0 aliphatic carbocycles. The predicted molar refractivity (Wildman–Crippen MR) is 109 cm³/mol. The van der Waals surface area contributed by atoms with Crippen LogP contribution >= 0.6 is 11.3 Å². The van der Waals surface area contributed by atoms with Gasteiger partial charge in [0.2, 0.25) is 5.91 Å². The molecule has 3 rings (SSSR count). The van der Waals surface area contributed by atoms with Crippen molar-refractivity contribution in [3.05, 3.63) is 59.7 Å². The van der Waals surface area contributed by atoms with Crippen molar-refractivity contribution in [2.75, 3.05) is 32.1 Å². The van der Waals surface area contributed by atoms with Crippen LogP contribution in [0.3, 0.4) is 0 Å². The molecule has 0 saturated heterocycles. The van der Waals surface area contributed by atoms with Gasteiger partial charge in [-0.2, -0.15) is 0 Å². The fourth-order valence-corrected chi connectivity index (χ4v) is 3.89. The van der Waals surface area contributed by atoms with Gasteiger partial charge in [-0.15, -0.1) is 0 Å². The molecular weight excluding hydrogens is 342 g/mol. The lowest BCUT2D eigenvalue weighted by molar-refractivity contribution is -0.856. The molecule has 1 aromatic heterocycles. The summed E-state index contributed by atoms with van der Waals surface area (Å²) in [6.07, 6.45) is 1.41. The largest absolute Gasteiger partial charge is 0.338 e. The molecule has 4 nitrogen and oxygen atoms in total. The van der Waals surface area contributed by atoms with Crippen LogP contribution in [0.5, 0.6) is 0 Å². The number of nitrogens with zero attached hydrogens (tertiary/aromatic N) is 2. The normalized spacial score (nSPS) is 11.2. The van der Waals surface area contributed by atoms with Gasteiger partial charge in [0.1, 0.15) is 0 Å².